The van der Waals surface area contributed by atoms with Gasteiger partial charge in [0.2, 0.25) is 0 Å². The second-order valence-electron chi connectivity index (χ2n) is 3.73. The number of rotatable bonds is 4. The van der Waals surface area contributed by atoms with E-state index in [0.717, 1.165) is 0 Å². The van der Waals surface area contributed by atoms with Gasteiger partial charge < -0.3 is 10.5 Å². The number of non-ortho nitro benzene ring substituents is 1. The zero-order valence-corrected chi connectivity index (χ0v) is 8.97. The first-order chi connectivity index (χ1) is 7.33. The largest absolute Gasteiger partial charge is 0.478 e. The lowest BCUT2D eigenvalue weighted by Gasteiger charge is -2.22. The van der Waals surface area contributed by atoms with E-state index in [1.807, 2.05) is 0 Å². The highest BCUT2D eigenvalue weighted by atomic mass is 16.6. The molecule has 6 nitrogen and oxygen atoms in total. The molecule has 0 radical (unpaired) electrons. The van der Waals surface area contributed by atoms with E-state index in [9.17, 15) is 14.9 Å². The predicted octanol–water partition coefficient (Wildman–Crippen LogP) is 1.24. The average molecular weight is 224 g/mol. The molecule has 1 rings (SSSR count). The lowest BCUT2D eigenvalue weighted by Crippen LogP contribution is -2.43. The van der Waals surface area contributed by atoms with Gasteiger partial charge in [-0.3, -0.25) is 14.9 Å². The van der Waals surface area contributed by atoms with E-state index in [0.29, 0.717) is 5.75 Å². The number of nitrogens with two attached hydrogens (primary N) is 1. The van der Waals surface area contributed by atoms with E-state index in [-0.39, 0.29) is 5.69 Å². The molecule has 0 aromatic heterocycles. The second-order valence-corrected chi connectivity index (χ2v) is 3.73. The van der Waals surface area contributed by atoms with Crippen molar-refractivity contribution in [3.8, 4) is 5.75 Å². The minimum Gasteiger partial charge on any atom is -0.478 e. The highest BCUT2D eigenvalue weighted by Crippen LogP contribution is 2.21. The smallest absolute Gasteiger partial charge is 0.269 e. The van der Waals surface area contributed by atoms with Crippen LogP contribution in [0.15, 0.2) is 24.3 Å². The number of hydrogen-bond acceptors (Lipinski definition) is 4. The molecule has 0 aliphatic heterocycles. The molecular weight excluding hydrogens is 212 g/mol. The first kappa shape index (κ1) is 12.0. The third-order valence-corrected chi connectivity index (χ3v) is 2.01. The third kappa shape index (κ3) is 2.69. The van der Waals surface area contributed by atoms with Crippen LogP contribution in [0.2, 0.25) is 0 Å². The molecule has 0 aliphatic carbocycles. The molecule has 2 N–H and O–H groups in total. The van der Waals surface area contributed by atoms with Gasteiger partial charge >= 0.3 is 0 Å². The van der Waals surface area contributed by atoms with E-state index in [1.165, 1.54) is 38.1 Å². The molecule has 6 heteroatoms. The Morgan fingerprint density at radius 2 is 1.88 bits per heavy atom. The van der Waals surface area contributed by atoms with Crippen molar-refractivity contribution in [2.24, 2.45) is 5.73 Å². The monoisotopic (exact) mass is 224 g/mol. The van der Waals surface area contributed by atoms with Crippen LogP contribution in [-0.4, -0.2) is 16.4 Å². The maximum absolute atomic E-state index is 11.0. The molecule has 86 valence electrons. The van der Waals surface area contributed by atoms with Crippen molar-refractivity contribution in [2.45, 2.75) is 19.4 Å². The molecule has 0 fully saturated rings. The minimum absolute atomic E-state index is 0.0377. The second kappa shape index (κ2) is 4.18. The van der Waals surface area contributed by atoms with Gasteiger partial charge in [0, 0.05) is 12.1 Å². The molecule has 16 heavy (non-hydrogen) atoms. The molecule has 0 unspecified atom stereocenters. The van der Waals surface area contributed by atoms with Crippen LogP contribution in [0.1, 0.15) is 13.8 Å². The Morgan fingerprint density at radius 1 is 1.38 bits per heavy atom. The van der Waals surface area contributed by atoms with Gasteiger partial charge in [0.25, 0.3) is 11.6 Å². The van der Waals surface area contributed by atoms with Gasteiger partial charge in [0.05, 0.1) is 4.92 Å². The van der Waals surface area contributed by atoms with E-state index < -0.39 is 16.4 Å². The van der Waals surface area contributed by atoms with Crippen LogP contribution in [0.3, 0.4) is 0 Å². The Balaban J connectivity index is 2.84. The zero-order valence-electron chi connectivity index (χ0n) is 8.97. The van der Waals surface area contributed by atoms with Crippen LogP contribution < -0.4 is 10.5 Å². The molecule has 0 heterocycles. The number of carbonyl (C=O) groups excluding carboxylic acids is 1. The van der Waals surface area contributed by atoms with Gasteiger partial charge in [-0.05, 0) is 26.0 Å². The average Bonchev–Trinajstić information content (AvgIpc) is 2.17. The van der Waals surface area contributed by atoms with Gasteiger partial charge in [-0.2, -0.15) is 0 Å². The Labute approximate surface area is 92.2 Å². The Bertz CT molecular complexity index is 411. The van der Waals surface area contributed by atoms with Crippen LogP contribution in [0.25, 0.3) is 0 Å². The van der Waals surface area contributed by atoms with E-state index in [1.54, 1.807) is 0 Å². The van der Waals surface area contributed by atoms with E-state index >= 15 is 0 Å². The van der Waals surface area contributed by atoms with Gasteiger partial charge in [-0.1, -0.05) is 0 Å². The quantitative estimate of drug-likeness (QED) is 0.614. The summed E-state index contributed by atoms with van der Waals surface area (Å²) in [5.41, 5.74) is 3.94. The van der Waals surface area contributed by atoms with Crippen molar-refractivity contribution in [1.82, 2.24) is 0 Å². The summed E-state index contributed by atoms with van der Waals surface area (Å²) in [5, 5.41) is 10.4. The maximum Gasteiger partial charge on any atom is 0.269 e. The predicted molar refractivity (Wildman–Crippen MR) is 57.0 cm³/mol. The summed E-state index contributed by atoms with van der Waals surface area (Å²) in [6.07, 6.45) is 0. The number of nitro groups is 1. The van der Waals surface area contributed by atoms with Crippen LogP contribution in [0.4, 0.5) is 5.69 Å². The lowest BCUT2D eigenvalue weighted by atomic mass is 10.1. The summed E-state index contributed by atoms with van der Waals surface area (Å²) in [7, 11) is 0. The fourth-order valence-corrected chi connectivity index (χ4v) is 0.981. The van der Waals surface area contributed by atoms with Crippen molar-refractivity contribution in [3.05, 3.63) is 34.4 Å². The fraction of sp³-hybridized carbons (Fsp3) is 0.300. The number of nitro benzene ring substituents is 1. The number of amides is 1. The third-order valence-electron chi connectivity index (χ3n) is 2.01. The van der Waals surface area contributed by atoms with Crippen LogP contribution >= 0.6 is 0 Å². The summed E-state index contributed by atoms with van der Waals surface area (Å²) in [4.78, 5) is 20.9. The highest BCUT2D eigenvalue weighted by molar-refractivity contribution is 5.82. The molecule has 0 bridgehead atoms. The standard InChI is InChI=1S/C10H12N2O4/c1-10(2,9(11)13)16-8-5-3-7(4-6-8)12(14)15/h3-6H,1-2H3,(H2,11,13). The molecular formula is C10H12N2O4. The number of primary amides is 1. The van der Waals surface area contributed by atoms with Crippen molar-refractivity contribution in [1.29, 1.82) is 0 Å². The van der Waals surface area contributed by atoms with Crippen LogP contribution in [0, 0.1) is 10.1 Å². The Morgan fingerprint density at radius 3 is 2.25 bits per heavy atom. The molecule has 0 aliphatic rings. The normalized spacial score (nSPS) is 10.9. The van der Waals surface area contributed by atoms with Crippen molar-refractivity contribution in [3.63, 3.8) is 0 Å². The number of benzene rings is 1. The highest BCUT2D eigenvalue weighted by Gasteiger charge is 2.27. The SMILES string of the molecule is CC(C)(Oc1ccc([N+](=O)[O-])cc1)C(N)=O. The van der Waals surface area contributed by atoms with Gasteiger partial charge in [-0.25, -0.2) is 0 Å². The van der Waals surface area contributed by atoms with Crippen molar-refractivity contribution < 1.29 is 14.5 Å². The number of ether oxygens (including phenoxy) is 1. The van der Waals surface area contributed by atoms with Crippen molar-refractivity contribution >= 4 is 11.6 Å². The van der Waals surface area contributed by atoms with E-state index in [4.69, 9.17) is 10.5 Å². The number of nitrogens with zero attached hydrogens (tertiary/aromatic N) is 1. The van der Waals surface area contributed by atoms with Gasteiger partial charge in [0.15, 0.2) is 5.60 Å². The molecule has 0 saturated carbocycles. The summed E-state index contributed by atoms with van der Waals surface area (Å²) >= 11 is 0. The molecule has 0 spiro atoms. The Hall–Kier alpha value is -2.11. The van der Waals surface area contributed by atoms with Crippen molar-refractivity contribution in [2.75, 3.05) is 0 Å². The lowest BCUT2D eigenvalue weighted by molar-refractivity contribution is -0.384. The topological polar surface area (TPSA) is 95.5 Å². The zero-order chi connectivity index (χ0) is 12.3. The van der Waals surface area contributed by atoms with Crippen LogP contribution in [-0.2, 0) is 4.79 Å². The summed E-state index contributed by atoms with van der Waals surface area (Å²) in [5.74, 6) is -0.250. The molecule has 0 atom stereocenters. The first-order valence-corrected chi connectivity index (χ1v) is 4.56. The molecule has 0 saturated heterocycles. The van der Waals surface area contributed by atoms with Gasteiger partial charge in [-0.15, -0.1) is 0 Å². The summed E-state index contributed by atoms with van der Waals surface area (Å²) < 4.78 is 5.30. The molecule has 1 aromatic rings. The first-order valence-electron chi connectivity index (χ1n) is 4.56. The number of hydrogen-bond donors (Lipinski definition) is 1. The van der Waals surface area contributed by atoms with Crippen LogP contribution in [0.5, 0.6) is 5.75 Å². The van der Waals surface area contributed by atoms with Gasteiger partial charge in [0.1, 0.15) is 5.75 Å². The maximum atomic E-state index is 11.0. The molecule has 1 amide bonds. The minimum atomic E-state index is -1.14. The number of carbonyl (C=O) groups is 1. The molecule has 1 aromatic carbocycles. The Kier molecular flexibility index (Phi) is 3.12. The summed E-state index contributed by atoms with van der Waals surface area (Å²) in [6, 6.07) is 5.43. The fourth-order valence-electron chi connectivity index (χ4n) is 0.981. The van der Waals surface area contributed by atoms with E-state index in [2.05, 4.69) is 0 Å². The summed E-state index contributed by atoms with van der Waals surface area (Å²) in [6.45, 7) is 3.05.